The average molecular weight is 325 g/mol. The van der Waals surface area contributed by atoms with Crippen LogP contribution >= 0.6 is 0 Å². The van der Waals surface area contributed by atoms with Crippen LogP contribution in [0, 0.1) is 10.1 Å². The van der Waals surface area contributed by atoms with Crippen LogP contribution in [0.1, 0.15) is 24.4 Å². The van der Waals surface area contributed by atoms with E-state index in [9.17, 15) is 14.9 Å². The fourth-order valence-electron chi connectivity index (χ4n) is 2.93. The number of rotatable bonds is 5. The second kappa shape index (κ2) is 7.12. The summed E-state index contributed by atoms with van der Waals surface area (Å²) in [6, 6.07) is 15.1. The van der Waals surface area contributed by atoms with E-state index in [1.165, 1.54) is 12.1 Å². The number of nitrogens with zero attached hydrogens (tertiary/aromatic N) is 2. The Morgan fingerprint density at radius 1 is 1.08 bits per heavy atom. The molecule has 24 heavy (non-hydrogen) atoms. The molecule has 1 heterocycles. The Bertz CT molecular complexity index is 727. The van der Waals surface area contributed by atoms with Crippen LogP contribution in [0.5, 0.6) is 0 Å². The van der Waals surface area contributed by atoms with Gasteiger partial charge in [-0.1, -0.05) is 36.4 Å². The van der Waals surface area contributed by atoms with E-state index in [1.54, 1.807) is 12.1 Å². The molecule has 1 aliphatic heterocycles. The first kappa shape index (κ1) is 16.0. The SMILES string of the molecule is O=C([C@H](Nc1cccc([N+](=O)[O-])c1)c1ccccc1)N1CCCC1. The molecule has 6 nitrogen and oxygen atoms in total. The number of nitrogens with one attached hydrogen (secondary N) is 1. The Kier molecular flexibility index (Phi) is 4.74. The lowest BCUT2D eigenvalue weighted by molar-refractivity contribution is -0.384. The van der Waals surface area contributed by atoms with Crippen LogP contribution in [0.2, 0.25) is 0 Å². The highest BCUT2D eigenvalue weighted by Crippen LogP contribution is 2.25. The molecule has 0 aromatic heterocycles. The van der Waals surface area contributed by atoms with Crippen LogP contribution in [0.4, 0.5) is 11.4 Å². The summed E-state index contributed by atoms with van der Waals surface area (Å²) >= 11 is 0. The second-order valence-electron chi connectivity index (χ2n) is 5.83. The van der Waals surface area contributed by atoms with Gasteiger partial charge in [0.25, 0.3) is 5.69 Å². The molecular weight excluding hydrogens is 306 g/mol. The van der Waals surface area contributed by atoms with Crippen molar-refractivity contribution in [3.05, 3.63) is 70.3 Å². The predicted molar refractivity (Wildman–Crippen MR) is 91.7 cm³/mol. The number of likely N-dealkylation sites (tertiary alicyclic amines) is 1. The summed E-state index contributed by atoms with van der Waals surface area (Å²) < 4.78 is 0. The molecule has 0 radical (unpaired) electrons. The van der Waals surface area contributed by atoms with Crippen molar-refractivity contribution in [2.45, 2.75) is 18.9 Å². The molecule has 1 fully saturated rings. The number of non-ortho nitro benzene ring substituents is 1. The van der Waals surface area contributed by atoms with E-state index < -0.39 is 11.0 Å². The summed E-state index contributed by atoms with van der Waals surface area (Å²) in [5.41, 5.74) is 1.41. The first-order valence-electron chi connectivity index (χ1n) is 8.00. The van der Waals surface area contributed by atoms with E-state index in [2.05, 4.69) is 5.32 Å². The Hall–Kier alpha value is -2.89. The number of amides is 1. The maximum absolute atomic E-state index is 12.9. The standard InChI is InChI=1S/C18H19N3O3/c22-18(20-11-4-5-12-20)17(14-7-2-1-3-8-14)19-15-9-6-10-16(13-15)21(23)24/h1-3,6-10,13,17,19H,4-5,11-12H2/t17-/m1/s1. The van der Waals surface area contributed by atoms with Crippen LogP contribution in [-0.4, -0.2) is 28.8 Å². The highest BCUT2D eigenvalue weighted by Gasteiger charge is 2.28. The van der Waals surface area contributed by atoms with Gasteiger partial charge in [-0.15, -0.1) is 0 Å². The van der Waals surface area contributed by atoms with E-state index >= 15 is 0 Å². The maximum Gasteiger partial charge on any atom is 0.271 e. The molecule has 2 aromatic carbocycles. The number of anilines is 1. The lowest BCUT2D eigenvalue weighted by Crippen LogP contribution is -2.36. The fourth-order valence-corrected chi connectivity index (χ4v) is 2.93. The summed E-state index contributed by atoms with van der Waals surface area (Å²) in [7, 11) is 0. The number of hydrogen-bond donors (Lipinski definition) is 1. The molecule has 2 aromatic rings. The Morgan fingerprint density at radius 3 is 2.46 bits per heavy atom. The van der Waals surface area contributed by atoms with Crippen LogP contribution in [-0.2, 0) is 4.79 Å². The van der Waals surface area contributed by atoms with Crippen molar-refractivity contribution in [3.8, 4) is 0 Å². The minimum atomic E-state index is -0.550. The smallest absolute Gasteiger partial charge is 0.271 e. The van der Waals surface area contributed by atoms with Crippen molar-refractivity contribution < 1.29 is 9.72 Å². The number of carbonyl (C=O) groups excluding carboxylic acids is 1. The van der Waals surface area contributed by atoms with Gasteiger partial charge in [-0.2, -0.15) is 0 Å². The molecule has 0 unspecified atom stereocenters. The van der Waals surface area contributed by atoms with Gasteiger partial charge in [-0.3, -0.25) is 14.9 Å². The van der Waals surface area contributed by atoms with Crippen LogP contribution < -0.4 is 5.32 Å². The van der Waals surface area contributed by atoms with Crippen molar-refractivity contribution in [1.29, 1.82) is 0 Å². The molecule has 1 N–H and O–H groups in total. The van der Waals surface area contributed by atoms with Crippen LogP contribution in [0.3, 0.4) is 0 Å². The third-order valence-corrected chi connectivity index (χ3v) is 4.17. The molecule has 1 amide bonds. The zero-order valence-electron chi connectivity index (χ0n) is 13.2. The molecule has 1 saturated heterocycles. The second-order valence-corrected chi connectivity index (χ2v) is 5.83. The molecule has 6 heteroatoms. The number of hydrogen-bond acceptors (Lipinski definition) is 4. The van der Waals surface area contributed by atoms with E-state index in [0.717, 1.165) is 31.5 Å². The number of carbonyl (C=O) groups is 1. The van der Waals surface area contributed by atoms with Gasteiger partial charge in [0.05, 0.1) is 4.92 Å². The van der Waals surface area contributed by atoms with Gasteiger partial charge in [-0.05, 0) is 24.5 Å². The van der Waals surface area contributed by atoms with E-state index in [0.29, 0.717) is 5.69 Å². The minimum absolute atomic E-state index is 0.000401. The lowest BCUT2D eigenvalue weighted by Gasteiger charge is -2.25. The largest absolute Gasteiger partial charge is 0.370 e. The maximum atomic E-state index is 12.9. The highest BCUT2D eigenvalue weighted by atomic mass is 16.6. The van der Waals surface area contributed by atoms with Gasteiger partial charge in [0.15, 0.2) is 0 Å². The topological polar surface area (TPSA) is 75.5 Å². The summed E-state index contributed by atoms with van der Waals surface area (Å²) in [6.45, 7) is 1.53. The van der Waals surface area contributed by atoms with Crippen molar-refractivity contribution in [1.82, 2.24) is 4.90 Å². The Labute approximate surface area is 140 Å². The number of benzene rings is 2. The minimum Gasteiger partial charge on any atom is -0.370 e. The predicted octanol–water partition coefficient (Wildman–Crippen LogP) is 3.37. The molecular formula is C18H19N3O3. The van der Waals surface area contributed by atoms with Gasteiger partial charge < -0.3 is 10.2 Å². The van der Waals surface area contributed by atoms with Gasteiger partial charge in [-0.25, -0.2) is 0 Å². The first-order valence-corrected chi connectivity index (χ1v) is 8.00. The molecule has 1 atom stereocenters. The summed E-state index contributed by atoms with van der Waals surface area (Å²) in [5.74, 6) is 0.00482. The summed E-state index contributed by atoms with van der Waals surface area (Å²) in [4.78, 5) is 25.3. The monoisotopic (exact) mass is 325 g/mol. The molecule has 0 saturated carbocycles. The fraction of sp³-hybridized carbons (Fsp3) is 0.278. The van der Waals surface area contributed by atoms with Gasteiger partial charge >= 0.3 is 0 Å². The van der Waals surface area contributed by atoms with Crippen molar-refractivity contribution >= 4 is 17.3 Å². The van der Waals surface area contributed by atoms with E-state index in [1.807, 2.05) is 35.2 Å². The third kappa shape index (κ3) is 3.53. The highest BCUT2D eigenvalue weighted by molar-refractivity contribution is 5.86. The first-order chi connectivity index (χ1) is 11.6. The third-order valence-electron chi connectivity index (χ3n) is 4.17. The van der Waals surface area contributed by atoms with Gasteiger partial charge in [0.2, 0.25) is 5.91 Å². The van der Waals surface area contributed by atoms with Crippen molar-refractivity contribution in [2.24, 2.45) is 0 Å². The van der Waals surface area contributed by atoms with Crippen molar-refractivity contribution in [3.63, 3.8) is 0 Å². The number of nitro benzene ring substituents is 1. The molecule has 0 bridgehead atoms. The summed E-state index contributed by atoms with van der Waals surface area (Å²) in [6.07, 6.45) is 2.04. The molecule has 0 spiro atoms. The van der Waals surface area contributed by atoms with Crippen molar-refractivity contribution in [2.75, 3.05) is 18.4 Å². The van der Waals surface area contributed by atoms with Gasteiger partial charge in [0, 0.05) is 30.9 Å². The zero-order chi connectivity index (χ0) is 16.9. The van der Waals surface area contributed by atoms with Crippen LogP contribution in [0.15, 0.2) is 54.6 Å². The molecule has 3 rings (SSSR count). The molecule has 0 aliphatic carbocycles. The van der Waals surface area contributed by atoms with Gasteiger partial charge in [0.1, 0.15) is 6.04 Å². The van der Waals surface area contributed by atoms with E-state index in [4.69, 9.17) is 0 Å². The summed E-state index contributed by atoms with van der Waals surface area (Å²) in [5, 5.41) is 14.1. The number of nitro groups is 1. The van der Waals surface area contributed by atoms with E-state index in [-0.39, 0.29) is 11.6 Å². The normalized spacial score (nSPS) is 15.1. The molecule has 124 valence electrons. The quantitative estimate of drug-likeness (QED) is 0.675. The van der Waals surface area contributed by atoms with Crippen LogP contribution in [0.25, 0.3) is 0 Å². The lowest BCUT2D eigenvalue weighted by atomic mass is 10.0. The Balaban J connectivity index is 1.88. The Morgan fingerprint density at radius 2 is 1.79 bits per heavy atom. The molecule has 1 aliphatic rings. The average Bonchev–Trinajstić information content (AvgIpc) is 3.15. The zero-order valence-corrected chi connectivity index (χ0v) is 13.2.